The van der Waals surface area contributed by atoms with Crippen molar-refractivity contribution in [3.63, 3.8) is 0 Å². The second-order valence-electron chi connectivity index (χ2n) is 4.60. The van der Waals surface area contributed by atoms with E-state index in [2.05, 4.69) is 4.98 Å². The molecule has 1 aliphatic rings. The normalized spacial score (nSPS) is 18.1. The predicted octanol–water partition coefficient (Wildman–Crippen LogP) is 2.85. The third-order valence-corrected chi connectivity index (χ3v) is 3.42. The maximum absolute atomic E-state index is 13.9. The van der Waals surface area contributed by atoms with Crippen LogP contribution in [0, 0.1) is 5.82 Å². The van der Waals surface area contributed by atoms with Crippen LogP contribution in [-0.2, 0) is 0 Å². The van der Waals surface area contributed by atoms with E-state index < -0.39 is 5.82 Å². The van der Waals surface area contributed by atoms with E-state index in [0.717, 1.165) is 0 Å². The first-order valence-electron chi connectivity index (χ1n) is 6.11. The molecule has 1 aliphatic carbocycles. The molecular weight excluding hydrogens is 243 g/mol. The summed E-state index contributed by atoms with van der Waals surface area (Å²) in [6.07, 6.45) is 8.37. The molecule has 0 aliphatic heterocycles. The highest BCUT2D eigenvalue weighted by atomic mass is 19.1. The van der Waals surface area contributed by atoms with Gasteiger partial charge in [-0.25, -0.2) is 4.39 Å². The number of aromatic nitrogens is 1. The van der Waals surface area contributed by atoms with Crippen molar-refractivity contribution >= 4 is 16.6 Å². The van der Waals surface area contributed by atoms with Crippen molar-refractivity contribution in [2.75, 3.05) is 5.73 Å². The molecule has 19 heavy (non-hydrogen) atoms. The van der Waals surface area contributed by atoms with Gasteiger partial charge in [0.15, 0.2) is 0 Å². The highest BCUT2D eigenvalue weighted by molar-refractivity contribution is 5.92. The summed E-state index contributed by atoms with van der Waals surface area (Å²) >= 11 is 0. The standard InChI is InChI=1S/C15H13FN2O/c16-10-7-4-8-11-13(10)14(17)12(15(19)18-11)9-5-2-1-3-6-9/h1-5,7-9H,6H2,(H3,17,18,19). The van der Waals surface area contributed by atoms with Gasteiger partial charge in [-0.3, -0.25) is 4.79 Å². The van der Waals surface area contributed by atoms with Crippen molar-refractivity contribution in [3.05, 3.63) is 64.2 Å². The first-order chi connectivity index (χ1) is 9.18. The number of allylic oxidation sites excluding steroid dienone is 4. The zero-order valence-corrected chi connectivity index (χ0v) is 10.2. The van der Waals surface area contributed by atoms with E-state index in [-0.39, 0.29) is 17.2 Å². The molecule has 4 heteroatoms. The first kappa shape index (κ1) is 11.7. The summed E-state index contributed by atoms with van der Waals surface area (Å²) in [5, 5.41) is 0.292. The number of aromatic amines is 1. The zero-order valence-electron chi connectivity index (χ0n) is 10.2. The zero-order chi connectivity index (χ0) is 13.4. The lowest BCUT2D eigenvalue weighted by Crippen LogP contribution is -2.19. The Balaban J connectivity index is 2.31. The number of pyridine rings is 1. The van der Waals surface area contributed by atoms with Crippen LogP contribution in [0.3, 0.4) is 0 Å². The summed E-state index contributed by atoms with van der Waals surface area (Å²) in [6, 6.07) is 4.55. The van der Waals surface area contributed by atoms with Gasteiger partial charge in [0.25, 0.3) is 5.56 Å². The van der Waals surface area contributed by atoms with Crippen molar-refractivity contribution in [1.82, 2.24) is 4.98 Å². The van der Waals surface area contributed by atoms with Crippen LogP contribution in [0.1, 0.15) is 17.9 Å². The highest BCUT2D eigenvalue weighted by Gasteiger charge is 2.19. The molecule has 1 atom stereocenters. The van der Waals surface area contributed by atoms with Crippen LogP contribution in [0.25, 0.3) is 10.9 Å². The highest BCUT2D eigenvalue weighted by Crippen LogP contribution is 2.31. The number of nitrogen functional groups attached to an aromatic ring is 1. The largest absolute Gasteiger partial charge is 0.398 e. The van der Waals surface area contributed by atoms with E-state index in [1.165, 1.54) is 6.07 Å². The maximum Gasteiger partial charge on any atom is 0.254 e. The summed E-state index contributed by atoms with van der Waals surface area (Å²) in [6.45, 7) is 0. The van der Waals surface area contributed by atoms with E-state index in [4.69, 9.17) is 5.73 Å². The van der Waals surface area contributed by atoms with Crippen molar-refractivity contribution < 1.29 is 4.39 Å². The molecule has 1 aromatic heterocycles. The molecule has 0 bridgehead atoms. The smallest absolute Gasteiger partial charge is 0.254 e. The number of rotatable bonds is 1. The summed E-state index contributed by atoms with van der Waals surface area (Å²) < 4.78 is 13.9. The quantitative estimate of drug-likeness (QED) is 0.824. The molecule has 3 nitrogen and oxygen atoms in total. The summed E-state index contributed by atoms with van der Waals surface area (Å²) in [4.78, 5) is 14.9. The minimum atomic E-state index is -0.414. The second kappa shape index (κ2) is 4.39. The van der Waals surface area contributed by atoms with E-state index in [1.807, 2.05) is 24.3 Å². The number of benzene rings is 1. The van der Waals surface area contributed by atoms with Gasteiger partial charge in [0.2, 0.25) is 0 Å². The molecule has 1 aromatic carbocycles. The lowest BCUT2D eigenvalue weighted by molar-refractivity contribution is 0.639. The average molecular weight is 256 g/mol. The van der Waals surface area contributed by atoms with Crippen LogP contribution in [0.15, 0.2) is 47.3 Å². The lowest BCUT2D eigenvalue weighted by atomic mass is 9.91. The van der Waals surface area contributed by atoms with Gasteiger partial charge in [-0.15, -0.1) is 0 Å². The van der Waals surface area contributed by atoms with Crippen LogP contribution in [-0.4, -0.2) is 4.98 Å². The van der Waals surface area contributed by atoms with Gasteiger partial charge in [0.1, 0.15) is 5.82 Å². The fraction of sp³-hybridized carbons (Fsp3) is 0.133. The van der Waals surface area contributed by atoms with Gasteiger partial charge in [0, 0.05) is 11.5 Å². The second-order valence-corrected chi connectivity index (χ2v) is 4.60. The van der Waals surface area contributed by atoms with Gasteiger partial charge < -0.3 is 10.7 Å². The van der Waals surface area contributed by atoms with Crippen LogP contribution in [0.2, 0.25) is 0 Å². The minimum absolute atomic E-state index is 0.0993. The third kappa shape index (κ3) is 1.85. The number of nitrogens with two attached hydrogens (primary N) is 1. The molecule has 0 radical (unpaired) electrons. The Labute approximate surface area is 109 Å². The fourth-order valence-corrected chi connectivity index (χ4v) is 2.51. The van der Waals surface area contributed by atoms with Crippen LogP contribution < -0.4 is 11.3 Å². The van der Waals surface area contributed by atoms with E-state index in [1.54, 1.807) is 12.1 Å². The van der Waals surface area contributed by atoms with Crippen molar-refractivity contribution in [1.29, 1.82) is 0 Å². The predicted molar refractivity (Wildman–Crippen MR) is 74.6 cm³/mol. The molecule has 2 aromatic rings. The SMILES string of the molecule is Nc1c(C2C=CC=CC2)c(=O)[nH]c2cccc(F)c12. The topological polar surface area (TPSA) is 58.9 Å². The monoisotopic (exact) mass is 256 g/mol. The Morgan fingerprint density at radius 2 is 2.16 bits per heavy atom. The molecule has 0 fully saturated rings. The lowest BCUT2D eigenvalue weighted by Gasteiger charge is -2.16. The van der Waals surface area contributed by atoms with Crippen molar-refractivity contribution in [2.24, 2.45) is 0 Å². The van der Waals surface area contributed by atoms with Crippen LogP contribution >= 0.6 is 0 Å². The Morgan fingerprint density at radius 3 is 2.89 bits per heavy atom. The Morgan fingerprint density at radius 1 is 1.32 bits per heavy atom. The number of H-pyrrole nitrogens is 1. The van der Waals surface area contributed by atoms with Gasteiger partial charge in [-0.2, -0.15) is 0 Å². The molecule has 1 heterocycles. The summed E-state index contributed by atoms with van der Waals surface area (Å²) in [5.41, 5.74) is 6.90. The molecular formula is C15H13FN2O. The van der Waals surface area contributed by atoms with E-state index >= 15 is 0 Å². The molecule has 1 unspecified atom stereocenters. The maximum atomic E-state index is 13.9. The van der Waals surface area contributed by atoms with Crippen molar-refractivity contribution in [2.45, 2.75) is 12.3 Å². The third-order valence-electron chi connectivity index (χ3n) is 3.42. The van der Waals surface area contributed by atoms with Gasteiger partial charge in [0.05, 0.1) is 16.6 Å². The molecule has 0 saturated heterocycles. The molecule has 0 spiro atoms. The van der Waals surface area contributed by atoms with E-state index in [0.29, 0.717) is 22.9 Å². The molecule has 3 N–H and O–H groups in total. The fourth-order valence-electron chi connectivity index (χ4n) is 2.51. The number of nitrogens with one attached hydrogen (secondary N) is 1. The van der Waals surface area contributed by atoms with E-state index in [9.17, 15) is 9.18 Å². The number of hydrogen-bond donors (Lipinski definition) is 2. The number of fused-ring (bicyclic) bond motifs is 1. The average Bonchev–Trinajstić information content (AvgIpc) is 2.39. The minimum Gasteiger partial charge on any atom is -0.398 e. The Bertz CT molecular complexity index is 759. The number of hydrogen-bond acceptors (Lipinski definition) is 2. The van der Waals surface area contributed by atoms with Gasteiger partial charge >= 0.3 is 0 Å². The summed E-state index contributed by atoms with van der Waals surface area (Å²) in [5.74, 6) is -0.513. The number of halogens is 1. The van der Waals surface area contributed by atoms with Crippen LogP contribution in [0.4, 0.5) is 10.1 Å². The Kier molecular flexibility index (Phi) is 2.71. The number of anilines is 1. The Hall–Kier alpha value is -2.36. The molecule has 96 valence electrons. The first-order valence-corrected chi connectivity index (χ1v) is 6.11. The van der Waals surface area contributed by atoms with Gasteiger partial charge in [-0.05, 0) is 18.6 Å². The molecule has 0 saturated carbocycles. The van der Waals surface area contributed by atoms with Crippen LogP contribution in [0.5, 0.6) is 0 Å². The molecule has 0 amide bonds. The van der Waals surface area contributed by atoms with Crippen molar-refractivity contribution in [3.8, 4) is 0 Å². The molecule has 3 rings (SSSR count). The van der Waals surface area contributed by atoms with Gasteiger partial charge in [-0.1, -0.05) is 30.4 Å². The summed E-state index contributed by atoms with van der Waals surface area (Å²) in [7, 11) is 0.